The maximum absolute atomic E-state index is 12.9. The lowest BCUT2D eigenvalue weighted by Crippen LogP contribution is -2.61. The van der Waals surface area contributed by atoms with Crippen molar-refractivity contribution in [1.29, 1.82) is 0 Å². The number of esters is 1. The highest BCUT2D eigenvalue weighted by atomic mass is 35.5. The zero-order valence-electron chi connectivity index (χ0n) is 32.4. The fraction of sp³-hybridized carbons (Fsp3) is 0.698. The van der Waals surface area contributed by atoms with Crippen LogP contribution in [0.5, 0.6) is 0 Å². The number of carbonyl (C=O) groups is 3. The van der Waals surface area contributed by atoms with Crippen molar-refractivity contribution in [2.24, 2.45) is 57.2 Å². The van der Waals surface area contributed by atoms with E-state index in [1.165, 1.54) is 11.1 Å². The maximum Gasteiger partial charge on any atom is 0.307 e. The summed E-state index contributed by atoms with van der Waals surface area (Å²) in [6.45, 7) is 17.5. The lowest BCUT2D eigenvalue weighted by Gasteiger charge is -2.67. The quantitative estimate of drug-likeness (QED) is 0.146. The molecule has 4 saturated carbocycles. The number of rotatable bonds is 10. The van der Waals surface area contributed by atoms with Gasteiger partial charge in [0.05, 0.1) is 6.42 Å². The van der Waals surface area contributed by atoms with Gasteiger partial charge in [0.1, 0.15) is 24.8 Å². The Bertz CT molecular complexity index is 1680. The molecule has 1 aromatic heterocycles. The SMILES string of the molecule is C/C(=C1/C2CCC3C(C)(CCC4C(C)C(OC(=O)CC(C)(C)C=O)CCC43C)C2CCC1(CC=O)C(O)c1nnc(-c2ccc(Cl)cc2)o1)C(C)C. The Morgan fingerprint density at radius 3 is 2.33 bits per heavy atom. The van der Waals surface area contributed by atoms with Gasteiger partial charge >= 0.3 is 5.97 Å². The van der Waals surface area contributed by atoms with Crippen molar-refractivity contribution < 1.29 is 28.6 Å². The van der Waals surface area contributed by atoms with E-state index < -0.39 is 16.9 Å². The Labute approximate surface area is 314 Å². The second-order valence-electron chi connectivity index (χ2n) is 18.4. The van der Waals surface area contributed by atoms with E-state index >= 15 is 0 Å². The zero-order valence-corrected chi connectivity index (χ0v) is 33.2. The van der Waals surface area contributed by atoms with E-state index in [-0.39, 0.29) is 59.4 Å². The minimum absolute atomic E-state index is 0.0957. The second-order valence-corrected chi connectivity index (χ2v) is 18.8. The lowest BCUT2D eigenvalue weighted by atomic mass is 9.37. The van der Waals surface area contributed by atoms with Crippen LogP contribution in [0.4, 0.5) is 0 Å². The van der Waals surface area contributed by atoms with Gasteiger partial charge in [-0.3, -0.25) is 4.79 Å². The normalized spacial score (nSPS) is 36.2. The Kier molecular flexibility index (Phi) is 10.8. The van der Waals surface area contributed by atoms with Gasteiger partial charge in [-0.1, -0.05) is 71.2 Å². The van der Waals surface area contributed by atoms with E-state index in [9.17, 15) is 19.5 Å². The number of hydrogen-bond acceptors (Lipinski definition) is 8. The Morgan fingerprint density at radius 2 is 1.67 bits per heavy atom. The van der Waals surface area contributed by atoms with Crippen molar-refractivity contribution in [1.82, 2.24) is 10.2 Å². The molecule has 2 aromatic rings. The molecule has 0 saturated heterocycles. The third kappa shape index (κ3) is 6.62. The lowest BCUT2D eigenvalue weighted by molar-refractivity contribution is -0.193. The molecule has 0 aliphatic heterocycles. The minimum atomic E-state index is -1.12. The number of carbonyl (C=O) groups excluding carboxylic acids is 3. The Hall–Kier alpha value is -2.84. The molecule has 0 bridgehead atoms. The molecule has 6 rings (SSSR count). The van der Waals surface area contributed by atoms with Gasteiger partial charge in [-0.05, 0) is 129 Å². The molecule has 52 heavy (non-hydrogen) atoms. The van der Waals surface area contributed by atoms with Crippen molar-refractivity contribution in [3.8, 4) is 11.5 Å². The Morgan fingerprint density at radius 1 is 1.02 bits per heavy atom. The molecule has 4 fully saturated rings. The zero-order chi connectivity index (χ0) is 37.8. The van der Waals surface area contributed by atoms with E-state index in [0.29, 0.717) is 35.1 Å². The third-order valence-corrected chi connectivity index (χ3v) is 15.0. The van der Waals surface area contributed by atoms with Gasteiger partial charge < -0.3 is 23.8 Å². The van der Waals surface area contributed by atoms with E-state index in [0.717, 1.165) is 63.1 Å². The minimum Gasteiger partial charge on any atom is -0.462 e. The number of benzene rings is 1. The number of aromatic nitrogens is 2. The van der Waals surface area contributed by atoms with Crippen molar-refractivity contribution in [2.75, 3.05) is 0 Å². The highest BCUT2D eigenvalue weighted by Crippen LogP contribution is 2.71. The number of hydrogen-bond donors (Lipinski definition) is 1. The average molecular weight is 735 g/mol. The van der Waals surface area contributed by atoms with Crippen LogP contribution in [0.2, 0.25) is 5.02 Å². The highest BCUT2D eigenvalue weighted by Gasteiger charge is 2.64. The first kappa shape index (κ1) is 38.9. The summed E-state index contributed by atoms with van der Waals surface area (Å²) < 4.78 is 12.3. The van der Waals surface area contributed by atoms with Gasteiger partial charge in [0.2, 0.25) is 11.8 Å². The second kappa shape index (κ2) is 14.4. The summed E-state index contributed by atoms with van der Waals surface area (Å²) in [5, 5.41) is 21.6. The van der Waals surface area contributed by atoms with E-state index in [4.69, 9.17) is 20.8 Å². The molecule has 10 unspecified atom stereocenters. The number of aliphatic hydroxyl groups excluding tert-OH is 1. The average Bonchev–Trinajstić information content (AvgIpc) is 3.59. The maximum atomic E-state index is 12.9. The summed E-state index contributed by atoms with van der Waals surface area (Å²) in [6, 6.07) is 7.17. The summed E-state index contributed by atoms with van der Waals surface area (Å²) in [6.07, 6.45) is 8.59. The predicted molar refractivity (Wildman–Crippen MR) is 201 cm³/mol. The standard InChI is InChI=1S/C43H59ClN2O6/c1-25(2)26(3)36-30-13-14-34-41(7)19-17-33(51-35(49)23-40(5,6)24-48)27(4)31(41)15-18-42(34,8)32(30)16-20-43(36,21-22-47)37(50)39-46-45-38(52-39)28-9-11-29(44)12-10-28/h9-12,22,24-25,27,30-34,37,50H,13-21,23H2,1-8H3/b36-26+. The first-order valence-electron chi connectivity index (χ1n) is 19.6. The molecular formula is C43H59ClN2O6. The van der Waals surface area contributed by atoms with Gasteiger partial charge in [-0.15, -0.1) is 10.2 Å². The largest absolute Gasteiger partial charge is 0.462 e. The number of halogens is 1. The van der Waals surface area contributed by atoms with Gasteiger partial charge in [-0.25, -0.2) is 0 Å². The molecule has 1 aromatic carbocycles. The predicted octanol–water partition coefficient (Wildman–Crippen LogP) is 9.79. The molecule has 0 spiro atoms. The summed E-state index contributed by atoms with van der Waals surface area (Å²) in [5.74, 6) is 2.31. The van der Waals surface area contributed by atoms with Crippen molar-refractivity contribution >= 4 is 30.1 Å². The van der Waals surface area contributed by atoms with Crippen LogP contribution in [0.15, 0.2) is 39.8 Å². The van der Waals surface area contributed by atoms with Crippen LogP contribution in [0.1, 0.15) is 132 Å². The first-order chi connectivity index (χ1) is 24.5. The molecule has 0 amide bonds. The van der Waals surface area contributed by atoms with Crippen molar-refractivity contribution in [3.63, 3.8) is 0 Å². The van der Waals surface area contributed by atoms with Crippen molar-refractivity contribution in [2.45, 2.75) is 132 Å². The summed E-state index contributed by atoms with van der Waals surface area (Å²) >= 11 is 6.11. The summed E-state index contributed by atoms with van der Waals surface area (Å²) in [4.78, 5) is 37.0. The van der Waals surface area contributed by atoms with Gasteiger partial charge in [-0.2, -0.15) is 0 Å². The van der Waals surface area contributed by atoms with Crippen LogP contribution in [0.3, 0.4) is 0 Å². The number of aliphatic hydroxyl groups is 1. The molecule has 8 nitrogen and oxygen atoms in total. The molecule has 9 heteroatoms. The van der Waals surface area contributed by atoms with Crippen LogP contribution in [0, 0.1) is 57.2 Å². The van der Waals surface area contributed by atoms with E-state index in [2.05, 4.69) is 51.7 Å². The van der Waals surface area contributed by atoms with E-state index in [1.807, 2.05) is 12.1 Å². The smallest absolute Gasteiger partial charge is 0.307 e. The third-order valence-electron chi connectivity index (χ3n) is 14.8. The number of aldehydes is 2. The van der Waals surface area contributed by atoms with Gasteiger partial charge in [0, 0.05) is 27.8 Å². The monoisotopic (exact) mass is 734 g/mol. The number of nitrogens with zero attached hydrogens (tertiary/aromatic N) is 2. The fourth-order valence-corrected chi connectivity index (χ4v) is 12.0. The highest BCUT2D eigenvalue weighted by molar-refractivity contribution is 6.30. The van der Waals surface area contributed by atoms with Crippen LogP contribution >= 0.6 is 11.6 Å². The number of allylic oxidation sites excluding steroid dienone is 1. The van der Waals surface area contributed by atoms with Gasteiger partial charge in [0.15, 0.2) is 0 Å². The molecule has 4 aliphatic rings. The molecule has 1 N–H and O–H groups in total. The van der Waals surface area contributed by atoms with Gasteiger partial charge in [0.25, 0.3) is 0 Å². The van der Waals surface area contributed by atoms with Crippen LogP contribution in [-0.2, 0) is 19.1 Å². The van der Waals surface area contributed by atoms with E-state index in [1.54, 1.807) is 26.0 Å². The fourth-order valence-electron chi connectivity index (χ4n) is 11.9. The first-order valence-corrected chi connectivity index (χ1v) is 20.0. The van der Waals surface area contributed by atoms with Crippen LogP contribution in [-0.4, -0.2) is 39.9 Å². The van der Waals surface area contributed by atoms with Crippen molar-refractivity contribution in [3.05, 3.63) is 46.3 Å². The topological polar surface area (TPSA) is 120 Å². The molecule has 0 radical (unpaired) electrons. The molecular weight excluding hydrogens is 676 g/mol. The summed E-state index contributed by atoms with van der Waals surface area (Å²) in [7, 11) is 0. The van der Waals surface area contributed by atoms with Crippen LogP contribution < -0.4 is 0 Å². The number of ether oxygens (including phenoxy) is 1. The van der Waals surface area contributed by atoms with Crippen LogP contribution in [0.25, 0.3) is 11.5 Å². The molecule has 4 aliphatic carbocycles. The molecule has 284 valence electrons. The number of fused-ring (bicyclic) bond motifs is 5. The molecule has 10 atom stereocenters. The molecule has 1 heterocycles. The summed E-state index contributed by atoms with van der Waals surface area (Å²) in [5.41, 5.74) is 1.87. The Balaban J connectivity index is 1.29.